The van der Waals surface area contributed by atoms with Crippen molar-refractivity contribution >= 4 is 27.6 Å². The van der Waals surface area contributed by atoms with Crippen LogP contribution < -0.4 is 15.4 Å². The zero-order chi connectivity index (χ0) is 16.5. The summed E-state index contributed by atoms with van der Waals surface area (Å²) in [6.45, 7) is 4.32. The number of carbonyl (C=O) groups is 1. The molecule has 0 aliphatic carbocycles. The number of nitrogens with zero attached hydrogens (tertiary/aromatic N) is 1. The van der Waals surface area contributed by atoms with Gasteiger partial charge in [0.15, 0.2) is 0 Å². The van der Waals surface area contributed by atoms with Crippen molar-refractivity contribution in [3.05, 3.63) is 22.7 Å². The van der Waals surface area contributed by atoms with Gasteiger partial charge in [0.25, 0.3) is 0 Å². The molecule has 23 heavy (non-hydrogen) atoms. The van der Waals surface area contributed by atoms with Gasteiger partial charge in [0.05, 0.1) is 11.6 Å². The van der Waals surface area contributed by atoms with Crippen molar-refractivity contribution in [2.75, 3.05) is 38.6 Å². The molecule has 1 aromatic rings. The topological polar surface area (TPSA) is 53.6 Å². The summed E-state index contributed by atoms with van der Waals surface area (Å²) in [5.41, 5.74) is 0.718. The first-order valence-electron chi connectivity index (χ1n) is 8.30. The Bertz CT molecular complexity index is 505. The van der Waals surface area contributed by atoms with E-state index in [2.05, 4.69) is 31.5 Å². The molecule has 0 radical (unpaired) electrons. The predicted molar refractivity (Wildman–Crippen MR) is 97.2 cm³/mol. The van der Waals surface area contributed by atoms with Crippen LogP contribution in [0.4, 0.5) is 10.5 Å². The number of anilines is 1. The van der Waals surface area contributed by atoms with E-state index in [4.69, 9.17) is 4.74 Å². The van der Waals surface area contributed by atoms with E-state index in [0.717, 1.165) is 29.5 Å². The van der Waals surface area contributed by atoms with Crippen LogP contribution in [0.5, 0.6) is 5.75 Å². The second-order valence-electron chi connectivity index (χ2n) is 5.84. The van der Waals surface area contributed by atoms with Gasteiger partial charge in [-0.1, -0.05) is 6.42 Å². The Morgan fingerprint density at radius 3 is 2.78 bits per heavy atom. The molecule has 2 N–H and O–H groups in total. The lowest BCUT2D eigenvalue weighted by Gasteiger charge is -2.26. The SMILES string of the molecule is COc1cc(NC(=O)NCCCCN2CCCCC2)ccc1Br. The maximum absolute atomic E-state index is 11.9. The summed E-state index contributed by atoms with van der Waals surface area (Å²) in [5, 5.41) is 5.72. The lowest BCUT2D eigenvalue weighted by molar-refractivity contribution is 0.224. The summed E-state index contributed by atoms with van der Waals surface area (Å²) in [7, 11) is 1.60. The minimum absolute atomic E-state index is 0.174. The Balaban J connectivity index is 1.61. The van der Waals surface area contributed by atoms with Crippen molar-refractivity contribution < 1.29 is 9.53 Å². The van der Waals surface area contributed by atoms with E-state index in [1.165, 1.54) is 32.4 Å². The number of amides is 2. The normalized spacial score (nSPS) is 15.2. The molecule has 1 heterocycles. The second-order valence-corrected chi connectivity index (χ2v) is 6.69. The number of ether oxygens (including phenoxy) is 1. The number of methoxy groups -OCH3 is 1. The lowest BCUT2D eigenvalue weighted by atomic mass is 10.1. The highest BCUT2D eigenvalue weighted by Gasteiger charge is 2.09. The Morgan fingerprint density at radius 1 is 1.26 bits per heavy atom. The van der Waals surface area contributed by atoms with Gasteiger partial charge in [-0.05, 0) is 73.4 Å². The molecule has 2 amide bonds. The number of carbonyl (C=O) groups excluding carboxylic acids is 1. The summed E-state index contributed by atoms with van der Waals surface area (Å²) in [6.07, 6.45) is 6.17. The number of hydrogen-bond donors (Lipinski definition) is 2. The third-order valence-electron chi connectivity index (χ3n) is 4.04. The number of piperidine rings is 1. The molecular weight excluding hydrogens is 358 g/mol. The first-order chi connectivity index (χ1) is 11.2. The number of nitrogens with one attached hydrogen (secondary N) is 2. The van der Waals surface area contributed by atoms with Crippen LogP contribution in [0.2, 0.25) is 0 Å². The molecule has 1 aromatic carbocycles. The maximum Gasteiger partial charge on any atom is 0.319 e. The molecule has 0 spiro atoms. The number of rotatable bonds is 7. The van der Waals surface area contributed by atoms with Crippen LogP contribution in [0.25, 0.3) is 0 Å². The summed E-state index contributed by atoms with van der Waals surface area (Å²) < 4.78 is 6.08. The number of hydrogen-bond acceptors (Lipinski definition) is 3. The zero-order valence-corrected chi connectivity index (χ0v) is 15.3. The number of benzene rings is 1. The van der Waals surface area contributed by atoms with E-state index >= 15 is 0 Å². The van der Waals surface area contributed by atoms with Crippen LogP contribution in [0.1, 0.15) is 32.1 Å². The van der Waals surface area contributed by atoms with Gasteiger partial charge in [0.2, 0.25) is 0 Å². The summed E-state index contributed by atoms with van der Waals surface area (Å²) in [5.74, 6) is 0.698. The van der Waals surface area contributed by atoms with Crippen molar-refractivity contribution in [3.8, 4) is 5.75 Å². The van der Waals surface area contributed by atoms with Crippen LogP contribution in [0.3, 0.4) is 0 Å². The van der Waals surface area contributed by atoms with Gasteiger partial charge in [-0.15, -0.1) is 0 Å². The lowest BCUT2D eigenvalue weighted by Crippen LogP contribution is -2.32. The van der Waals surface area contributed by atoms with Crippen molar-refractivity contribution in [1.29, 1.82) is 0 Å². The Labute approximate surface area is 146 Å². The smallest absolute Gasteiger partial charge is 0.319 e. The van der Waals surface area contributed by atoms with Gasteiger partial charge < -0.3 is 20.3 Å². The molecular formula is C17H26BrN3O2. The monoisotopic (exact) mass is 383 g/mol. The molecule has 1 aliphatic heterocycles. The molecule has 0 saturated carbocycles. The highest BCUT2D eigenvalue weighted by atomic mass is 79.9. The van der Waals surface area contributed by atoms with E-state index in [1.54, 1.807) is 13.2 Å². The quantitative estimate of drug-likeness (QED) is 0.703. The largest absolute Gasteiger partial charge is 0.495 e. The van der Waals surface area contributed by atoms with E-state index in [-0.39, 0.29) is 6.03 Å². The molecule has 0 bridgehead atoms. The van der Waals surface area contributed by atoms with E-state index < -0.39 is 0 Å². The second kappa shape index (κ2) is 9.78. The molecule has 5 nitrogen and oxygen atoms in total. The molecule has 0 aromatic heterocycles. The molecule has 0 atom stereocenters. The van der Waals surface area contributed by atoms with Gasteiger partial charge in [-0.25, -0.2) is 4.79 Å². The molecule has 6 heteroatoms. The van der Waals surface area contributed by atoms with Gasteiger partial charge in [-0.3, -0.25) is 0 Å². The van der Waals surface area contributed by atoms with Crippen LogP contribution in [-0.4, -0.2) is 44.2 Å². The zero-order valence-electron chi connectivity index (χ0n) is 13.7. The Hall–Kier alpha value is -1.27. The molecule has 1 saturated heterocycles. The van der Waals surface area contributed by atoms with Crippen LogP contribution in [-0.2, 0) is 0 Å². The van der Waals surface area contributed by atoms with Crippen LogP contribution in [0.15, 0.2) is 22.7 Å². The van der Waals surface area contributed by atoms with Crippen LogP contribution in [0, 0.1) is 0 Å². The van der Waals surface area contributed by atoms with Crippen molar-refractivity contribution in [3.63, 3.8) is 0 Å². The van der Waals surface area contributed by atoms with Gasteiger partial charge >= 0.3 is 6.03 Å². The minimum Gasteiger partial charge on any atom is -0.495 e. The highest BCUT2D eigenvalue weighted by molar-refractivity contribution is 9.10. The van der Waals surface area contributed by atoms with Crippen molar-refractivity contribution in [1.82, 2.24) is 10.2 Å². The summed E-state index contributed by atoms with van der Waals surface area (Å²) in [4.78, 5) is 14.4. The average Bonchev–Trinajstić information content (AvgIpc) is 2.57. The van der Waals surface area contributed by atoms with Crippen LogP contribution >= 0.6 is 15.9 Å². The minimum atomic E-state index is -0.174. The van der Waals surface area contributed by atoms with Gasteiger partial charge in [0.1, 0.15) is 5.75 Å². The molecule has 1 aliphatic rings. The first kappa shape index (κ1) is 18.1. The third kappa shape index (κ3) is 6.39. The van der Waals surface area contributed by atoms with Crippen molar-refractivity contribution in [2.45, 2.75) is 32.1 Å². The Kier molecular flexibility index (Phi) is 7.68. The summed E-state index contributed by atoms with van der Waals surface area (Å²) >= 11 is 3.39. The fourth-order valence-corrected chi connectivity index (χ4v) is 3.17. The third-order valence-corrected chi connectivity index (χ3v) is 4.70. The average molecular weight is 384 g/mol. The fraction of sp³-hybridized carbons (Fsp3) is 0.588. The van der Waals surface area contributed by atoms with E-state index in [1.807, 2.05) is 12.1 Å². The molecule has 128 valence electrons. The standard InChI is InChI=1S/C17H26BrN3O2/c1-23-16-13-14(7-8-15(16)18)20-17(22)19-9-3-6-12-21-10-4-2-5-11-21/h7-8,13H,2-6,9-12H2,1H3,(H2,19,20,22). The first-order valence-corrected chi connectivity index (χ1v) is 9.09. The fourth-order valence-electron chi connectivity index (χ4n) is 2.76. The number of halogens is 1. The molecule has 0 unspecified atom stereocenters. The molecule has 1 fully saturated rings. The predicted octanol–water partition coefficient (Wildman–Crippen LogP) is 3.85. The van der Waals surface area contributed by atoms with Crippen molar-refractivity contribution in [2.24, 2.45) is 0 Å². The summed E-state index contributed by atoms with van der Waals surface area (Å²) in [6, 6.07) is 5.31. The highest BCUT2D eigenvalue weighted by Crippen LogP contribution is 2.27. The van der Waals surface area contributed by atoms with E-state index in [9.17, 15) is 4.79 Å². The number of urea groups is 1. The number of likely N-dealkylation sites (tertiary alicyclic amines) is 1. The Morgan fingerprint density at radius 2 is 2.04 bits per heavy atom. The van der Waals surface area contributed by atoms with E-state index in [0.29, 0.717) is 12.3 Å². The van der Waals surface area contributed by atoms with Gasteiger partial charge in [0, 0.05) is 18.3 Å². The number of unbranched alkanes of at least 4 members (excludes halogenated alkanes) is 1. The molecule has 2 rings (SSSR count). The van der Waals surface area contributed by atoms with Gasteiger partial charge in [-0.2, -0.15) is 0 Å². The maximum atomic E-state index is 11.9.